The lowest BCUT2D eigenvalue weighted by molar-refractivity contribution is 0.114. The zero-order valence-electron chi connectivity index (χ0n) is 10.5. The first kappa shape index (κ1) is 13.0. The van der Waals surface area contributed by atoms with Crippen LogP contribution in [0.15, 0.2) is 24.3 Å². The smallest absolute Gasteiger partial charge is 0.125 e. The molecule has 2 nitrogen and oxygen atoms in total. The number of rotatable bonds is 7. The molecule has 0 unspecified atom stereocenters. The second kappa shape index (κ2) is 7.29. The van der Waals surface area contributed by atoms with Gasteiger partial charge < -0.3 is 9.47 Å². The molecule has 0 spiro atoms. The average Bonchev–Trinajstić information content (AvgIpc) is 2.26. The summed E-state index contributed by atoms with van der Waals surface area (Å²) in [5.74, 6) is 0.939. The van der Waals surface area contributed by atoms with E-state index in [0.29, 0.717) is 6.61 Å². The van der Waals surface area contributed by atoms with Gasteiger partial charge in [-0.05, 0) is 26.3 Å². The molecule has 2 heteroatoms. The fourth-order valence-electron chi connectivity index (χ4n) is 1.42. The molecule has 0 aliphatic heterocycles. The molecule has 90 valence electrons. The summed E-state index contributed by atoms with van der Waals surface area (Å²) in [5.41, 5.74) is 1.13. The highest BCUT2D eigenvalue weighted by molar-refractivity contribution is 5.32. The van der Waals surface area contributed by atoms with Crippen LogP contribution in [0, 0.1) is 0 Å². The monoisotopic (exact) mass is 222 g/mol. The van der Waals surface area contributed by atoms with E-state index in [4.69, 9.17) is 9.47 Å². The van der Waals surface area contributed by atoms with Crippen LogP contribution in [0.1, 0.15) is 39.2 Å². The highest BCUT2D eigenvalue weighted by Gasteiger charge is 2.04. The first-order valence-corrected chi connectivity index (χ1v) is 6.06. The number of unbranched alkanes of at least 4 members (excludes halogenated alkanes) is 1. The molecule has 1 aromatic carbocycles. The van der Waals surface area contributed by atoms with Crippen molar-refractivity contribution in [2.45, 2.75) is 46.3 Å². The molecule has 0 amide bonds. The van der Waals surface area contributed by atoms with Crippen molar-refractivity contribution < 1.29 is 9.47 Å². The Hall–Kier alpha value is -1.02. The Bertz CT molecular complexity index is 295. The molecule has 0 radical (unpaired) electrons. The maximum Gasteiger partial charge on any atom is 0.125 e. The van der Waals surface area contributed by atoms with Crippen molar-refractivity contribution in [2.75, 3.05) is 6.61 Å². The fourth-order valence-corrected chi connectivity index (χ4v) is 1.42. The normalized spacial score (nSPS) is 10.8. The molecule has 0 fully saturated rings. The van der Waals surface area contributed by atoms with Gasteiger partial charge in [-0.25, -0.2) is 0 Å². The average molecular weight is 222 g/mol. The number of para-hydroxylation sites is 1. The van der Waals surface area contributed by atoms with E-state index in [1.165, 1.54) is 6.42 Å². The molecule has 0 aliphatic rings. The van der Waals surface area contributed by atoms with Crippen LogP contribution in [-0.4, -0.2) is 12.7 Å². The second-order valence-corrected chi connectivity index (χ2v) is 4.18. The molecule has 0 N–H and O–H groups in total. The third kappa shape index (κ3) is 4.67. The molecule has 0 aromatic heterocycles. The first-order chi connectivity index (χ1) is 7.74. The molecule has 0 heterocycles. The van der Waals surface area contributed by atoms with Crippen LogP contribution in [0.5, 0.6) is 5.75 Å². The van der Waals surface area contributed by atoms with Crippen molar-refractivity contribution in [3.63, 3.8) is 0 Å². The predicted molar refractivity (Wildman–Crippen MR) is 66.8 cm³/mol. The summed E-state index contributed by atoms with van der Waals surface area (Å²) in [6.07, 6.45) is 2.49. The summed E-state index contributed by atoms with van der Waals surface area (Å²) in [6.45, 7) is 7.71. The molecule has 0 aliphatic carbocycles. The predicted octanol–water partition coefficient (Wildman–Crippen LogP) is 3.79. The van der Waals surface area contributed by atoms with Crippen molar-refractivity contribution in [1.29, 1.82) is 0 Å². The van der Waals surface area contributed by atoms with E-state index in [2.05, 4.69) is 13.0 Å². The Morgan fingerprint density at radius 2 is 1.94 bits per heavy atom. The molecule has 1 aromatic rings. The molecular formula is C14H22O2. The summed E-state index contributed by atoms with van der Waals surface area (Å²) in [6, 6.07) is 8.07. The molecule has 0 saturated heterocycles. The molecule has 0 bridgehead atoms. The van der Waals surface area contributed by atoms with Gasteiger partial charge in [0.15, 0.2) is 0 Å². The van der Waals surface area contributed by atoms with Gasteiger partial charge in [0, 0.05) is 12.2 Å². The van der Waals surface area contributed by atoms with E-state index in [-0.39, 0.29) is 6.10 Å². The summed E-state index contributed by atoms with van der Waals surface area (Å²) >= 11 is 0. The van der Waals surface area contributed by atoms with E-state index in [1.54, 1.807) is 0 Å². The van der Waals surface area contributed by atoms with Crippen molar-refractivity contribution >= 4 is 0 Å². The highest BCUT2D eigenvalue weighted by atomic mass is 16.5. The third-order valence-corrected chi connectivity index (χ3v) is 2.24. The Balaban J connectivity index is 2.50. The third-order valence-electron chi connectivity index (χ3n) is 2.24. The SMILES string of the molecule is CCCCOCc1ccccc1OC(C)C. The minimum Gasteiger partial charge on any atom is -0.491 e. The van der Waals surface area contributed by atoms with Crippen LogP contribution < -0.4 is 4.74 Å². The number of benzene rings is 1. The molecular weight excluding hydrogens is 200 g/mol. The van der Waals surface area contributed by atoms with Crippen LogP contribution in [0.4, 0.5) is 0 Å². The summed E-state index contributed by atoms with van der Waals surface area (Å²) < 4.78 is 11.3. The van der Waals surface area contributed by atoms with Gasteiger partial charge in [-0.2, -0.15) is 0 Å². The Kier molecular flexibility index (Phi) is 5.94. The fraction of sp³-hybridized carbons (Fsp3) is 0.571. The lowest BCUT2D eigenvalue weighted by atomic mass is 10.2. The minimum atomic E-state index is 0.205. The van der Waals surface area contributed by atoms with Crippen LogP contribution in [0.25, 0.3) is 0 Å². The Morgan fingerprint density at radius 3 is 2.62 bits per heavy atom. The maximum atomic E-state index is 5.72. The van der Waals surface area contributed by atoms with E-state index in [0.717, 1.165) is 24.3 Å². The standard InChI is InChI=1S/C14H22O2/c1-4-5-10-15-11-13-8-6-7-9-14(13)16-12(2)3/h6-9,12H,4-5,10-11H2,1-3H3. The number of hydrogen-bond acceptors (Lipinski definition) is 2. The van der Waals surface area contributed by atoms with Gasteiger partial charge in [0.1, 0.15) is 5.75 Å². The Labute approximate surface area is 98.6 Å². The van der Waals surface area contributed by atoms with Gasteiger partial charge in [-0.1, -0.05) is 31.5 Å². The molecule has 1 rings (SSSR count). The van der Waals surface area contributed by atoms with Crippen LogP contribution in [0.2, 0.25) is 0 Å². The van der Waals surface area contributed by atoms with Gasteiger partial charge in [0.25, 0.3) is 0 Å². The van der Waals surface area contributed by atoms with E-state index in [1.807, 2.05) is 32.0 Å². The van der Waals surface area contributed by atoms with Crippen LogP contribution in [-0.2, 0) is 11.3 Å². The number of ether oxygens (including phenoxy) is 2. The van der Waals surface area contributed by atoms with Gasteiger partial charge in [-0.3, -0.25) is 0 Å². The highest BCUT2D eigenvalue weighted by Crippen LogP contribution is 2.20. The maximum absolute atomic E-state index is 5.72. The van der Waals surface area contributed by atoms with Crippen LogP contribution >= 0.6 is 0 Å². The van der Waals surface area contributed by atoms with Gasteiger partial charge >= 0.3 is 0 Å². The molecule has 0 saturated carbocycles. The van der Waals surface area contributed by atoms with Gasteiger partial charge in [-0.15, -0.1) is 0 Å². The lowest BCUT2D eigenvalue weighted by Crippen LogP contribution is -2.08. The number of hydrogen-bond donors (Lipinski definition) is 0. The van der Waals surface area contributed by atoms with Gasteiger partial charge in [0.2, 0.25) is 0 Å². The Morgan fingerprint density at radius 1 is 1.19 bits per heavy atom. The second-order valence-electron chi connectivity index (χ2n) is 4.18. The summed E-state index contributed by atoms with van der Waals surface area (Å²) in [4.78, 5) is 0. The molecule has 0 atom stereocenters. The summed E-state index contributed by atoms with van der Waals surface area (Å²) in [7, 11) is 0. The van der Waals surface area contributed by atoms with Gasteiger partial charge in [0.05, 0.1) is 12.7 Å². The zero-order valence-corrected chi connectivity index (χ0v) is 10.5. The van der Waals surface area contributed by atoms with E-state index >= 15 is 0 Å². The topological polar surface area (TPSA) is 18.5 Å². The molecule has 16 heavy (non-hydrogen) atoms. The van der Waals surface area contributed by atoms with Crippen molar-refractivity contribution in [2.24, 2.45) is 0 Å². The van der Waals surface area contributed by atoms with Crippen molar-refractivity contribution in [3.8, 4) is 5.75 Å². The summed E-state index contributed by atoms with van der Waals surface area (Å²) in [5, 5.41) is 0. The quantitative estimate of drug-likeness (QED) is 0.653. The van der Waals surface area contributed by atoms with E-state index < -0.39 is 0 Å². The van der Waals surface area contributed by atoms with Crippen molar-refractivity contribution in [3.05, 3.63) is 29.8 Å². The van der Waals surface area contributed by atoms with Crippen LogP contribution in [0.3, 0.4) is 0 Å². The largest absolute Gasteiger partial charge is 0.491 e. The van der Waals surface area contributed by atoms with Crippen molar-refractivity contribution in [1.82, 2.24) is 0 Å². The van der Waals surface area contributed by atoms with E-state index in [9.17, 15) is 0 Å². The zero-order chi connectivity index (χ0) is 11.8. The lowest BCUT2D eigenvalue weighted by Gasteiger charge is -2.14. The first-order valence-electron chi connectivity index (χ1n) is 6.06. The minimum absolute atomic E-state index is 0.205.